The minimum atomic E-state index is -0.429. The van der Waals surface area contributed by atoms with Gasteiger partial charge in [-0.1, -0.05) is 18.5 Å². The van der Waals surface area contributed by atoms with Crippen LogP contribution in [0.15, 0.2) is 42.0 Å². The fourth-order valence-electron chi connectivity index (χ4n) is 4.44. The highest BCUT2D eigenvalue weighted by Crippen LogP contribution is 2.44. The molecular weight excluding hydrogens is 394 g/mol. The van der Waals surface area contributed by atoms with E-state index in [4.69, 9.17) is 11.6 Å². The Bertz CT molecular complexity index is 1030. The third-order valence-electron chi connectivity index (χ3n) is 5.86. The molecule has 1 atom stereocenters. The van der Waals surface area contributed by atoms with Gasteiger partial charge in [0.25, 0.3) is 5.91 Å². The average Bonchev–Trinajstić information content (AvgIpc) is 2.68. The van der Waals surface area contributed by atoms with Crippen LogP contribution in [0.25, 0.3) is 6.08 Å². The van der Waals surface area contributed by atoms with Crippen molar-refractivity contribution in [2.45, 2.75) is 52.5 Å². The molecule has 2 aromatic carbocycles. The summed E-state index contributed by atoms with van der Waals surface area (Å²) in [6.45, 7) is 12.0. The summed E-state index contributed by atoms with van der Waals surface area (Å²) in [4.78, 5) is 15.1. The number of nitrogens with one attached hydrogen (secondary N) is 1. The van der Waals surface area contributed by atoms with Crippen molar-refractivity contribution in [3.8, 4) is 6.07 Å². The molecule has 5 heteroatoms. The first-order valence-electron chi connectivity index (χ1n) is 10.3. The summed E-state index contributed by atoms with van der Waals surface area (Å²) in [5.74, 6) is -0.0275. The van der Waals surface area contributed by atoms with E-state index in [-0.39, 0.29) is 11.1 Å². The molecule has 3 rings (SSSR count). The van der Waals surface area contributed by atoms with Crippen LogP contribution < -0.4 is 10.2 Å². The van der Waals surface area contributed by atoms with Crippen LogP contribution in [-0.4, -0.2) is 18.0 Å². The minimum Gasteiger partial charge on any atom is -0.366 e. The highest BCUT2D eigenvalue weighted by Gasteiger charge is 2.35. The number of halogens is 1. The molecule has 2 aromatic rings. The molecule has 0 saturated heterocycles. The van der Waals surface area contributed by atoms with E-state index in [1.165, 1.54) is 11.3 Å². The number of nitriles is 1. The molecule has 0 radical (unpaired) electrons. The molecule has 30 heavy (non-hydrogen) atoms. The van der Waals surface area contributed by atoms with E-state index in [1.54, 1.807) is 30.3 Å². The summed E-state index contributed by atoms with van der Waals surface area (Å²) in [5.41, 5.74) is 5.24. The molecular formula is C25H28ClN3O. The number of nitrogens with zero attached hydrogens (tertiary/aromatic N) is 2. The first-order valence-corrected chi connectivity index (χ1v) is 10.6. The van der Waals surface area contributed by atoms with Gasteiger partial charge in [0, 0.05) is 28.5 Å². The fourth-order valence-corrected chi connectivity index (χ4v) is 4.57. The predicted octanol–water partition coefficient (Wildman–Crippen LogP) is 6.31. The maximum absolute atomic E-state index is 12.6. The van der Waals surface area contributed by atoms with E-state index in [0.29, 0.717) is 16.6 Å². The van der Waals surface area contributed by atoms with Crippen LogP contribution in [0.3, 0.4) is 0 Å². The number of rotatable bonds is 4. The summed E-state index contributed by atoms with van der Waals surface area (Å²) in [7, 11) is 0. The average molecular weight is 422 g/mol. The molecule has 1 amide bonds. The van der Waals surface area contributed by atoms with E-state index in [0.717, 1.165) is 24.1 Å². The number of carbonyl (C=O) groups is 1. The largest absolute Gasteiger partial charge is 0.366 e. The van der Waals surface area contributed by atoms with E-state index in [2.05, 4.69) is 50.0 Å². The molecule has 4 nitrogen and oxygen atoms in total. The Balaban J connectivity index is 1.96. The second kappa shape index (κ2) is 8.53. The summed E-state index contributed by atoms with van der Waals surface area (Å²) in [5, 5.41) is 13.0. The normalized spacial score (nSPS) is 17.8. The molecule has 0 spiro atoms. The summed E-state index contributed by atoms with van der Waals surface area (Å²) in [6.07, 6.45) is 2.74. The number of anilines is 2. The molecule has 156 valence electrons. The van der Waals surface area contributed by atoms with E-state index in [1.807, 2.05) is 13.0 Å². The standard InChI is InChI=1S/C25H28ClN3O/c1-6-29-23-11-16(2)18(13-22(23)17(3)14-25(29,4)5)12-19(15-27)24(30)28-21-9-7-20(26)8-10-21/h7-13,17H,6,14H2,1-5H3,(H,28,30)/b19-12-/t17-/m1/s1. The Hall–Kier alpha value is -2.77. The smallest absolute Gasteiger partial charge is 0.266 e. The van der Waals surface area contributed by atoms with Crippen molar-refractivity contribution in [2.75, 3.05) is 16.8 Å². The number of benzene rings is 2. The van der Waals surface area contributed by atoms with E-state index in [9.17, 15) is 10.1 Å². The summed E-state index contributed by atoms with van der Waals surface area (Å²) in [6, 6.07) is 13.2. The maximum Gasteiger partial charge on any atom is 0.266 e. The molecule has 0 bridgehead atoms. The maximum atomic E-state index is 12.6. The van der Waals surface area contributed by atoms with Crippen molar-refractivity contribution in [3.05, 3.63) is 63.7 Å². The van der Waals surface area contributed by atoms with Crippen LogP contribution in [0.5, 0.6) is 0 Å². The van der Waals surface area contributed by atoms with Gasteiger partial charge in [0.15, 0.2) is 0 Å². The van der Waals surface area contributed by atoms with Crippen molar-refractivity contribution < 1.29 is 4.79 Å². The number of carbonyl (C=O) groups excluding carboxylic acids is 1. The van der Waals surface area contributed by atoms with E-state index >= 15 is 0 Å². The van der Waals surface area contributed by atoms with Crippen molar-refractivity contribution in [1.82, 2.24) is 0 Å². The first kappa shape index (κ1) is 21.9. The molecule has 1 N–H and O–H groups in total. The number of hydrogen-bond donors (Lipinski definition) is 1. The van der Waals surface area contributed by atoms with Crippen molar-refractivity contribution >= 4 is 35.0 Å². The highest BCUT2D eigenvalue weighted by molar-refractivity contribution is 6.30. The zero-order valence-electron chi connectivity index (χ0n) is 18.2. The molecule has 0 fully saturated rings. The van der Waals surface area contributed by atoms with Gasteiger partial charge in [-0.25, -0.2) is 0 Å². The van der Waals surface area contributed by atoms with Crippen molar-refractivity contribution in [3.63, 3.8) is 0 Å². The Morgan fingerprint density at radius 3 is 2.60 bits per heavy atom. The van der Waals surface area contributed by atoms with Crippen LogP contribution in [0.2, 0.25) is 5.02 Å². The minimum absolute atomic E-state index is 0.0733. The van der Waals surface area contributed by atoms with Crippen molar-refractivity contribution in [2.24, 2.45) is 0 Å². The van der Waals surface area contributed by atoms with E-state index < -0.39 is 5.91 Å². The topological polar surface area (TPSA) is 56.1 Å². The molecule has 0 unspecified atom stereocenters. The molecule has 1 heterocycles. The van der Waals surface area contributed by atoms with Gasteiger partial charge in [-0.2, -0.15) is 5.26 Å². The third kappa shape index (κ3) is 4.37. The summed E-state index contributed by atoms with van der Waals surface area (Å²) >= 11 is 5.89. The van der Waals surface area contributed by atoms with Crippen LogP contribution >= 0.6 is 11.6 Å². The van der Waals surface area contributed by atoms with Gasteiger partial charge in [-0.15, -0.1) is 0 Å². The molecule has 1 aliphatic heterocycles. The van der Waals surface area contributed by atoms with Gasteiger partial charge < -0.3 is 10.2 Å². The lowest BCUT2D eigenvalue weighted by Gasteiger charge is -2.47. The van der Waals surface area contributed by atoms with Crippen LogP contribution in [0.1, 0.15) is 56.7 Å². The van der Waals surface area contributed by atoms with Crippen LogP contribution in [-0.2, 0) is 4.79 Å². The number of hydrogen-bond acceptors (Lipinski definition) is 3. The number of fused-ring (bicyclic) bond motifs is 1. The number of aryl methyl sites for hydroxylation is 1. The van der Waals surface area contributed by atoms with Crippen LogP contribution in [0, 0.1) is 18.3 Å². The predicted molar refractivity (Wildman–Crippen MR) is 125 cm³/mol. The Kier molecular flexibility index (Phi) is 6.24. The van der Waals surface area contributed by atoms with Crippen molar-refractivity contribution in [1.29, 1.82) is 5.26 Å². The fraction of sp³-hybridized carbons (Fsp3) is 0.360. The number of amides is 1. The quantitative estimate of drug-likeness (QED) is 0.465. The first-order chi connectivity index (χ1) is 14.2. The van der Waals surface area contributed by atoms with Gasteiger partial charge in [-0.3, -0.25) is 4.79 Å². The highest BCUT2D eigenvalue weighted by atomic mass is 35.5. The van der Waals surface area contributed by atoms with Gasteiger partial charge in [0.1, 0.15) is 11.6 Å². The molecule has 0 aromatic heterocycles. The third-order valence-corrected chi connectivity index (χ3v) is 6.11. The molecule has 0 saturated carbocycles. The monoisotopic (exact) mass is 421 g/mol. The zero-order chi connectivity index (χ0) is 22.1. The second-order valence-corrected chi connectivity index (χ2v) is 9.00. The Labute approximate surface area is 184 Å². The van der Waals surface area contributed by atoms with Gasteiger partial charge in [-0.05, 0) is 99.2 Å². The summed E-state index contributed by atoms with van der Waals surface area (Å²) < 4.78 is 0. The molecule has 1 aliphatic rings. The lowest BCUT2D eigenvalue weighted by atomic mass is 9.79. The lowest BCUT2D eigenvalue weighted by Crippen LogP contribution is -2.48. The zero-order valence-corrected chi connectivity index (χ0v) is 19.0. The Morgan fingerprint density at radius 2 is 2.00 bits per heavy atom. The second-order valence-electron chi connectivity index (χ2n) is 8.56. The van der Waals surface area contributed by atoms with Crippen LogP contribution in [0.4, 0.5) is 11.4 Å². The molecule has 0 aliphatic carbocycles. The lowest BCUT2D eigenvalue weighted by molar-refractivity contribution is -0.112. The van der Waals surface area contributed by atoms with Gasteiger partial charge >= 0.3 is 0 Å². The van der Waals surface area contributed by atoms with Gasteiger partial charge in [0.05, 0.1) is 0 Å². The van der Waals surface area contributed by atoms with Gasteiger partial charge in [0.2, 0.25) is 0 Å². The Morgan fingerprint density at radius 1 is 1.33 bits per heavy atom. The SMILES string of the molecule is CCN1c2cc(C)c(/C=C(/C#N)C(=O)Nc3ccc(Cl)cc3)cc2[C@H](C)CC1(C)C.